The lowest BCUT2D eigenvalue weighted by Gasteiger charge is -2.19. The molecule has 0 saturated heterocycles. The van der Waals surface area contributed by atoms with Crippen molar-refractivity contribution in [1.82, 2.24) is 5.32 Å². The van der Waals surface area contributed by atoms with Gasteiger partial charge in [-0.05, 0) is 42.0 Å². The van der Waals surface area contributed by atoms with E-state index in [0.29, 0.717) is 30.3 Å². The molecule has 4 nitrogen and oxygen atoms in total. The molecule has 0 radical (unpaired) electrons. The molecule has 2 aromatic carbocycles. The summed E-state index contributed by atoms with van der Waals surface area (Å²) in [6.45, 7) is 0.666. The molecule has 0 aliphatic heterocycles. The summed E-state index contributed by atoms with van der Waals surface area (Å²) in [4.78, 5) is 12.7. The van der Waals surface area contributed by atoms with E-state index >= 15 is 0 Å². The highest BCUT2D eigenvalue weighted by molar-refractivity contribution is 5.97. The maximum atomic E-state index is 12.7. The second kappa shape index (κ2) is 6.29. The number of nitrogens with one attached hydrogen (secondary N) is 1. The Kier molecular flexibility index (Phi) is 3.98. The first-order valence-corrected chi connectivity index (χ1v) is 8.51. The van der Waals surface area contributed by atoms with Gasteiger partial charge < -0.3 is 15.2 Å². The van der Waals surface area contributed by atoms with Crippen molar-refractivity contribution in [3.63, 3.8) is 0 Å². The van der Waals surface area contributed by atoms with Crippen LogP contribution in [0.15, 0.2) is 48.5 Å². The second-order valence-electron chi connectivity index (χ2n) is 6.67. The fourth-order valence-corrected chi connectivity index (χ4v) is 3.24. The molecule has 4 rings (SSSR count). The van der Waals surface area contributed by atoms with Crippen LogP contribution in [-0.4, -0.2) is 23.7 Å². The Balaban J connectivity index is 1.52. The van der Waals surface area contributed by atoms with E-state index in [2.05, 4.69) is 5.32 Å². The van der Waals surface area contributed by atoms with Crippen LogP contribution < -0.4 is 10.1 Å². The Bertz CT molecular complexity index is 754. The van der Waals surface area contributed by atoms with Crippen LogP contribution in [0.4, 0.5) is 0 Å². The Morgan fingerprint density at radius 3 is 2.71 bits per heavy atom. The molecule has 0 unspecified atom stereocenters. The first kappa shape index (κ1) is 15.2. The number of carbonyl (C=O) groups is 1. The normalized spacial score (nSPS) is 22.0. The van der Waals surface area contributed by atoms with Crippen LogP contribution in [-0.2, 0) is 6.42 Å². The van der Waals surface area contributed by atoms with Crippen molar-refractivity contribution in [3.05, 3.63) is 65.2 Å². The predicted octanol–water partition coefficient (Wildman–Crippen LogP) is 2.86. The van der Waals surface area contributed by atoms with Crippen LogP contribution in [0, 0.1) is 5.92 Å². The standard InChI is InChI=1S/C20H21NO3/c22-17-11-14-5-1-2-6-15(14)19(17)21-20(23)16-7-3-4-8-18(16)24-12-13-9-10-13/h1-8,13,17,19,22H,9-12H2,(H,21,23)/t17-,19+/m1/s1. The highest BCUT2D eigenvalue weighted by Crippen LogP contribution is 2.33. The summed E-state index contributed by atoms with van der Waals surface area (Å²) >= 11 is 0. The largest absolute Gasteiger partial charge is 0.492 e. The number of para-hydroxylation sites is 1. The van der Waals surface area contributed by atoms with E-state index in [-0.39, 0.29) is 11.9 Å². The first-order chi connectivity index (χ1) is 11.7. The van der Waals surface area contributed by atoms with Crippen LogP contribution in [0.1, 0.15) is 40.4 Å². The number of hydrogen-bond donors (Lipinski definition) is 2. The van der Waals surface area contributed by atoms with Crippen LogP contribution in [0.25, 0.3) is 0 Å². The summed E-state index contributed by atoms with van der Waals surface area (Å²) in [6, 6.07) is 14.8. The molecule has 1 fully saturated rings. The van der Waals surface area contributed by atoms with Gasteiger partial charge in [-0.25, -0.2) is 0 Å². The summed E-state index contributed by atoms with van der Waals surface area (Å²) in [5.74, 6) is 1.04. The van der Waals surface area contributed by atoms with Gasteiger partial charge >= 0.3 is 0 Å². The average Bonchev–Trinajstić information content (AvgIpc) is 3.38. The van der Waals surface area contributed by atoms with E-state index in [1.54, 1.807) is 6.07 Å². The Morgan fingerprint density at radius 1 is 1.12 bits per heavy atom. The summed E-state index contributed by atoms with van der Waals surface area (Å²) in [5.41, 5.74) is 2.61. The molecule has 0 spiro atoms. The SMILES string of the molecule is O=C(N[C@H]1c2ccccc2C[C@H]1O)c1ccccc1OCC1CC1. The minimum Gasteiger partial charge on any atom is -0.492 e. The van der Waals surface area contributed by atoms with E-state index in [0.717, 1.165) is 11.1 Å². The van der Waals surface area contributed by atoms with Crippen molar-refractivity contribution in [2.24, 2.45) is 5.92 Å². The number of fused-ring (bicyclic) bond motifs is 1. The lowest BCUT2D eigenvalue weighted by atomic mass is 10.1. The minimum absolute atomic E-state index is 0.206. The van der Waals surface area contributed by atoms with Gasteiger partial charge in [-0.2, -0.15) is 0 Å². The van der Waals surface area contributed by atoms with E-state index in [1.807, 2.05) is 42.5 Å². The average molecular weight is 323 g/mol. The van der Waals surface area contributed by atoms with Gasteiger partial charge in [-0.15, -0.1) is 0 Å². The predicted molar refractivity (Wildman–Crippen MR) is 91.0 cm³/mol. The Morgan fingerprint density at radius 2 is 1.88 bits per heavy atom. The molecule has 2 atom stereocenters. The van der Waals surface area contributed by atoms with E-state index in [1.165, 1.54) is 12.8 Å². The van der Waals surface area contributed by atoms with Gasteiger partial charge in [-0.3, -0.25) is 4.79 Å². The molecular weight excluding hydrogens is 302 g/mol. The molecule has 0 bridgehead atoms. The zero-order valence-corrected chi connectivity index (χ0v) is 13.4. The van der Waals surface area contributed by atoms with E-state index < -0.39 is 6.10 Å². The summed E-state index contributed by atoms with van der Waals surface area (Å²) in [7, 11) is 0. The number of benzene rings is 2. The van der Waals surface area contributed by atoms with Crippen LogP contribution in [0.2, 0.25) is 0 Å². The van der Waals surface area contributed by atoms with E-state index in [9.17, 15) is 9.90 Å². The van der Waals surface area contributed by atoms with Gasteiger partial charge in [0.05, 0.1) is 24.3 Å². The third-order valence-electron chi connectivity index (χ3n) is 4.79. The Labute approximate surface area is 141 Å². The second-order valence-corrected chi connectivity index (χ2v) is 6.67. The molecule has 24 heavy (non-hydrogen) atoms. The highest BCUT2D eigenvalue weighted by Gasteiger charge is 2.32. The lowest BCUT2D eigenvalue weighted by Crippen LogP contribution is -2.34. The third-order valence-corrected chi connectivity index (χ3v) is 4.79. The van der Waals surface area contributed by atoms with Crippen LogP contribution in [0.3, 0.4) is 0 Å². The summed E-state index contributed by atoms with van der Waals surface area (Å²) in [6.07, 6.45) is 2.39. The van der Waals surface area contributed by atoms with Crippen molar-refractivity contribution in [1.29, 1.82) is 0 Å². The van der Waals surface area contributed by atoms with Gasteiger partial charge in [-0.1, -0.05) is 36.4 Å². The van der Waals surface area contributed by atoms with Gasteiger partial charge in [0.2, 0.25) is 0 Å². The molecule has 2 aliphatic rings. The fourth-order valence-electron chi connectivity index (χ4n) is 3.24. The highest BCUT2D eigenvalue weighted by atomic mass is 16.5. The van der Waals surface area contributed by atoms with Gasteiger partial charge in [0.25, 0.3) is 5.91 Å². The molecule has 2 N–H and O–H groups in total. The third kappa shape index (κ3) is 3.02. The van der Waals surface area contributed by atoms with Crippen molar-refractivity contribution in [3.8, 4) is 5.75 Å². The molecule has 1 saturated carbocycles. The van der Waals surface area contributed by atoms with E-state index in [4.69, 9.17) is 4.74 Å². The number of ether oxygens (including phenoxy) is 1. The van der Waals surface area contributed by atoms with Crippen LogP contribution >= 0.6 is 0 Å². The topological polar surface area (TPSA) is 58.6 Å². The number of aliphatic hydroxyl groups excluding tert-OH is 1. The molecule has 0 heterocycles. The molecular formula is C20H21NO3. The van der Waals surface area contributed by atoms with Crippen LogP contribution in [0.5, 0.6) is 5.75 Å². The number of amides is 1. The molecule has 2 aromatic rings. The smallest absolute Gasteiger partial charge is 0.255 e. The zero-order chi connectivity index (χ0) is 16.5. The first-order valence-electron chi connectivity index (χ1n) is 8.51. The molecule has 124 valence electrons. The van der Waals surface area contributed by atoms with Gasteiger partial charge in [0.1, 0.15) is 5.75 Å². The number of hydrogen-bond acceptors (Lipinski definition) is 3. The molecule has 0 aromatic heterocycles. The molecule has 4 heteroatoms. The Hall–Kier alpha value is -2.33. The molecule has 2 aliphatic carbocycles. The fraction of sp³-hybridized carbons (Fsp3) is 0.350. The molecule has 1 amide bonds. The van der Waals surface area contributed by atoms with Gasteiger partial charge in [0.15, 0.2) is 0 Å². The van der Waals surface area contributed by atoms with Crippen molar-refractivity contribution in [2.45, 2.75) is 31.4 Å². The maximum Gasteiger partial charge on any atom is 0.255 e. The monoisotopic (exact) mass is 323 g/mol. The lowest BCUT2D eigenvalue weighted by molar-refractivity contribution is 0.0854. The van der Waals surface area contributed by atoms with Crippen molar-refractivity contribution < 1.29 is 14.6 Å². The summed E-state index contributed by atoms with van der Waals surface area (Å²) in [5, 5.41) is 13.3. The maximum absolute atomic E-state index is 12.7. The quantitative estimate of drug-likeness (QED) is 0.889. The van der Waals surface area contributed by atoms with Gasteiger partial charge in [0, 0.05) is 6.42 Å². The van der Waals surface area contributed by atoms with Crippen molar-refractivity contribution in [2.75, 3.05) is 6.61 Å². The number of rotatable bonds is 5. The number of aliphatic hydroxyl groups is 1. The zero-order valence-electron chi connectivity index (χ0n) is 13.4. The number of carbonyl (C=O) groups excluding carboxylic acids is 1. The minimum atomic E-state index is -0.592. The summed E-state index contributed by atoms with van der Waals surface area (Å²) < 4.78 is 5.82. The van der Waals surface area contributed by atoms with Crippen molar-refractivity contribution >= 4 is 5.91 Å².